The molecule has 0 N–H and O–H groups in total. The third-order valence-electron chi connectivity index (χ3n) is 4.17. The number of methoxy groups -OCH3 is 1. The van der Waals surface area contributed by atoms with Crippen LogP contribution in [0.4, 0.5) is 0 Å². The molecule has 4 aromatic rings. The predicted octanol–water partition coefficient (Wildman–Crippen LogP) is 2.91. The Morgan fingerprint density at radius 1 is 1.10 bits per heavy atom. The number of benzene rings is 2. The number of carbonyl (C=O) groups is 1. The minimum Gasteiger partial charge on any atom is -0.468 e. The first-order valence-electron chi connectivity index (χ1n) is 8.73. The zero-order chi connectivity index (χ0) is 20.2. The van der Waals surface area contributed by atoms with Crippen molar-refractivity contribution in [1.29, 1.82) is 0 Å². The van der Waals surface area contributed by atoms with Crippen LogP contribution >= 0.6 is 11.8 Å². The third kappa shape index (κ3) is 4.04. The van der Waals surface area contributed by atoms with Gasteiger partial charge in [0.25, 0.3) is 5.56 Å². The lowest BCUT2D eigenvalue weighted by Gasteiger charge is -2.11. The second kappa shape index (κ2) is 8.27. The molecule has 0 aliphatic rings. The van der Waals surface area contributed by atoms with Crippen molar-refractivity contribution in [2.24, 2.45) is 0 Å². The molecular weight excluding hydrogens is 392 g/mol. The number of para-hydroxylation sites is 1. The number of nitrogens with zero attached hydrogens (tertiary/aromatic N) is 4. The highest BCUT2D eigenvalue weighted by Gasteiger charge is 2.16. The lowest BCUT2D eigenvalue weighted by Crippen LogP contribution is -2.27. The molecule has 0 saturated carbocycles. The van der Waals surface area contributed by atoms with E-state index in [1.165, 1.54) is 23.4 Å². The number of aromatic nitrogens is 4. The third-order valence-corrected chi connectivity index (χ3v) is 5.13. The Morgan fingerprint density at radius 2 is 1.86 bits per heavy atom. The van der Waals surface area contributed by atoms with Crippen molar-refractivity contribution < 1.29 is 14.1 Å². The van der Waals surface area contributed by atoms with Gasteiger partial charge in [-0.3, -0.25) is 14.2 Å². The van der Waals surface area contributed by atoms with Gasteiger partial charge in [-0.1, -0.05) is 59.4 Å². The van der Waals surface area contributed by atoms with Gasteiger partial charge in [0.1, 0.15) is 6.54 Å². The van der Waals surface area contributed by atoms with Crippen molar-refractivity contribution in [3.05, 3.63) is 70.8 Å². The molecule has 8 nitrogen and oxygen atoms in total. The molecule has 0 unspecified atom stereocenters. The van der Waals surface area contributed by atoms with Crippen molar-refractivity contribution in [1.82, 2.24) is 19.7 Å². The normalized spacial score (nSPS) is 10.9. The Bertz CT molecular complexity index is 1220. The first-order chi connectivity index (χ1) is 14.2. The highest BCUT2D eigenvalue weighted by Crippen LogP contribution is 2.23. The van der Waals surface area contributed by atoms with E-state index < -0.39 is 5.97 Å². The van der Waals surface area contributed by atoms with Crippen molar-refractivity contribution >= 4 is 28.6 Å². The van der Waals surface area contributed by atoms with Crippen molar-refractivity contribution in [2.75, 3.05) is 7.11 Å². The van der Waals surface area contributed by atoms with Crippen LogP contribution in [0.3, 0.4) is 0 Å². The minimum atomic E-state index is -0.532. The molecule has 29 heavy (non-hydrogen) atoms. The standard InChI is InChI=1S/C20H16N4O4S/c1-27-17(25)11-24-19(26)14-9-5-6-10-15(14)21-20(24)29-12-16-22-18(23-28-16)13-7-3-2-4-8-13/h2-10H,11-12H2,1H3. The molecule has 2 aromatic heterocycles. The zero-order valence-electron chi connectivity index (χ0n) is 15.4. The Hall–Kier alpha value is -3.46. The number of ether oxygens (including phenoxy) is 1. The molecule has 146 valence electrons. The maximum Gasteiger partial charge on any atom is 0.325 e. The summed E-state index contributed by atoms with van der Waals surface area (Å²) in [5.41, 5.74) is 1.09. The monoisotopic (exact) mass is 408 g/mol. The quantitative estimate of drug-likeness (QED) is 0.273. The van der Waals surface area contributed by atoms with Crippen LogP contribution in [0, 0.1) is 0 Å². The van der Waals surface area contributed by atoms with E-state index in [1.807, 2.05) is 30.3 Å². The molecule has 0 aliphatic heterocycles. The second-order valence-corrected chi connectivity index (χ2v) is 6.99. The fraction of sp³-hybridized carbons (Fsp3) is 0.150. The predicted molar refractivity (Wildman–Crippen MR) is 107 cm³/mol. The summed E-state index contributed by atoms with van der Waals surface area (Å²) in [6.07, 6.45) is 0. The summed E-state index contributed by atoms with van der Waals surface area (Å²) in [7, 11) is 1.28. The van der Waals surface area contributed by atoms with E-state index in [2.05, 4.69) is 15.1 Å². The van der Waals surface area contributed by atoms with Gasteiger partial charge in [0.15, 0.2) is 5.16 Å². The Labute approximate surface area is 169 Å². The van der Waals surface area contributed by atoms with E-state index in [0.29, 0.717) is 33.5 Å². The van der Waals surface area contributed by atoms with Crippen LogP contribution in [0.25, 0.3) is 22.3 Å². The molecule has 0 spiro atoms. The van der Waals surface area contributed by atoms with Crippen molar-refractivity contribution in [2.45, 2.75) is 17.5 Å². The van der Waals surface area contributed by atoms with Gasteiger partial charge in [-0.15, -0.1) is 0 Å². The molecule has 0 saturated heterocycles. The Balaban J connectivity index is 1.63. The highest BCUT2D eigenvalue weighted by atomic mass is 32.2. The van der Waals surface area contributed by atoms with Crippen molar-refractivity contribution in [3.8, 4) is 11.4 Å². The molecule has 0 amide bonds. The summed E-state index contributed by atoms with van der Waals surface area (Å²) in [4.78, 5) is 33.6. The average molecular weight is 408 g/mol. The minimum absolute atomic E-state index is 0.228. The molecule has 4 rings (SSSR count). The average Bonchev–Trinajstić information content (AvgIpc) is 3.24. The molecule has 9 heteroatoms. The van der Waals surface area contributed by atoms with E-state index in [9.17, 15) is 9.59 Å². The number of hydrogen-bond acceptors (Lipinski definition) is 8. The molecule has 0 bridgehead atoms. The summed E-state index contributed by atoms with van der Waals surface area (Å²) < 4.78 is 11.3. The number of fused-ring (bicyclic) bond motifs is 1. The van der Waals surface area contributed by atoms with Crippen LogP contribution in [0.1, 0.15) is 5.89 Å². The maximum atomic E-state index is 12.9. The molecule has 2 heterocycles. The Kier molecular flexibility index (Phi) is 5.39. The van der Waals surface area contributed by atoms with Crippen LogP contribution in [-0.4, -0.2) is 32.8 Å². The summed E-state index contributed by atoms with van der Waals surface area (Å²) in [6.45, 7) is -0.228. The van der Waals surface area contributed by atoms with Crippen LogP contribution in [0.2, 0.25) is 0 Å². The van der Waals surface area contributed by atoms with Gasteiger partial charge < -0.3 is 9.26 Å². The fourth-order valence-corrected chi connectivity index (χ4v) is 3.57. The summed E-state index contributed by atoms with van der Waals surface area (Å²) >= 11 is 1.24. The number of rotatable bonds is 6. The van der Waals surface area contributed by atoms with Crippen molar-refractivity contribution in [3.63, 3.8) is 0 Å². The van der Waals surface area contributed by atoms with Gasteiger partial charge in [0, 0.05) is 5.56 Å². The molecule has 0 radical (unpaired) electrons. The van der Waals surface area contributed by atoms with Gasteiger partial charge in [-0.25, -0.2) is 4.98 Å². The van der Waals surface area contributed by atoms with E-state index >= 15 is 0 Å². The molecule has 0 fully saturated rings. The maximum absolute atomic E-state index is 12.9. The topological polar surface area (TPSA) is 100 Å². The summed E-state index contributed by atoms with van der Waals surface area (Å²) in [5, 5.41) is 4.80. The smallest absolute Gasteiger partial charge is 0.325 e. The van der Waals surface area contributed by atoms with Crippen LogP contribution in [0.5, 0.6) is 0 Å². The van der Waals surface area contributed by atoms with Gasteiger partial charge in [0.05, 0.1) is 23.8 Å². The van der Waals surface area contributed by atoms with E-state index in [0.717, 1.165) is 5.56 Å². The first-order valence-corrected chi connectivity index (χ1v) is 9.71. The number of thioether (sulfide) groups is 1. The first kappa shape index (κ1) is 18.9. The number of hydrogen-bond donors (Lipinski definition) is 0. The highest BCUT2D eigenvalue weighted by molar-refractivity contribution is 7.98. The van der Waals surface area contributed by atoms with E-state index in [4.69, 9.17) is 9.26 Å². The fourth-order valence-electron chi connectivity index (χ4n) is 2.74. The molecule has 2 aromatic carbocycles. The van der Waals surface area contributed by atoms with Crippen LogP contribution in [0.15, 0.2) is 69.1 Å². The number of carbonyl (C=O) groups excluding carboxylic acids is 1. The van der Waals surface area contributed by atoms with E-state index in [-0.39, 0.29) is 12.1 Å². The number of esters is 1. The molecule has 0 atom stereocenters. The van der Waals surface area contributed by atoms with E-state index in [1.54, 1.807) is 24.3 Å². The SMILES string of the molecule is COC(=O)Cn1c(SCc2nc(-c3ccccc3)no2)nc2ccccc2c1=O. The van der Waals surface area contributed by atoms with Gasteiger partial charge in [0.2, 0.25) is 11.7 Å². The Morgan fingerprint density at radius 3 is 2.66 bits per heavy atom. The summed E-state index contributed by atoms with van der Waals surface area (Å²) in [6, 6.07) is 16.5. The van der Waals surface area contributed by atoms with Crippen LogP contribution in [-0.2, 0) is 21.8 Å². The lowest BCUT2D eigenvalue weighted by atomic mass is 10.2. The summed E-state index contributed by atoms with van der Waals surface area (Å²) in [5.74, 6) is 0.641. The lowest BCUT2D eigenvalue weighted by molar-refractivity contribution is -0.141. The second-order valence-electron chi connectivity index (χ2n) is 6.05. The molecular formula is C20H16N4O4S. The molecule has 0 aliphatic carbocycles. The van der Waals surface area contributed by atoms with Gasteiger partial charge in [-0.2, -0.15) is 4.98 Å². The van der Waals surface area contributed by atoms with Gasteiger partial charge in [-0.05, 0) is 12.1 Å². The zero-order valence-corrected chi connectivity index (χ0v) is 16.3. The van der Waals surface area contributed by atoms with Gasteiger partial charge >= 0.3 is 5.97 Å². The van der Waals surface area contributed by atoms with Crippen LogP contribution < -0.4 is 5.56 Å². The largest absolute Gasteiger partial charge is 0.468 e.